The first kappa shape index (κ1) is 16.0. The Morgan fingerprint density at radius 3 is 2.18 bits per heavy atom. The summed E-state index contributed by atoms with van der Waals surface area (Å²) in [4.78, 5) is 12.1. The largest absolute Gasteiger partial charge is 0.431 e. The van der Waals surface area contributed by atoms with Gasteiger partial charge in [-0.25, -0.2) is 0 Å². The summed E-state index contributed by atoms with van der Waals surface area (Å²) in [5.41, 5.74) is 1.67. The molecule has 0 spiro atoms. The van der Waals surface area contributed by atoms with Crippen molar-refractivity contribution in [1.82, 2.24) is 0 Å². The van der Waals surface area contributed by atoms with Crippen molar-refractivity contribution in [3.63, 3.8) is 0 Å². The number of hydrogen-bond acceptors (Lipinski definition) is 3. The molecule has 0 aliphatic carbocycles. The van der Waals surface area contributed by atoms with Crippen molar-refractivity contribution in [2.24, 2.45) is 5.92 Å². The topological polar surface area (TPSA) is 46.5 Å². The SMILES string of the molecule is C/C(=C\c1ccccc1)OC(=O)[C@@H](C)[C@@H](O)c1ccccc1. The van der Waals surface area contributed by atoms with Crippen molar-refractivity contribution in [2.75, 3.05) is 0 Å². The number of carbonyl (C=O) groups excluding carboxylic acids is 1. The number of benzene rings is 2. The maximum atomic E-state index is 12.1. The lowest BCUT2D eigenvalue weighted by Gasteiger charge is -2.18. The maximum Gasteiger partial charge on any atom is 0.316 e. The number of esters is 1. The number of allylic oxidation sites excluding steroid dienone is 1. The lowest BCUT2D eigenvalue weighted by atomic mass is 9.98. The minimum Gasteiger partial charge on any atom is -0.431 e. The molecule has 0 saturated heterocycles. The van der Waals surface area contributed by atoms with E-state index >= 15 is 0 Å². The van der Waals surface area contributed by atoms with Gasteiger partial charge in [0.2, 0.25) is 0 Å². The fraction of sp³-hybridized carbons (Fsp3) is 0.211. The van der Waals surface area contributed by atoms with Crippen LogP contribution in [0.15, 0.2) is 66.4 Å². The van der Waals surface area contributed by atoms with E-state index in [1.807, 2.05) is 48.5 Å². The van der Waals surface area contributed by atoms with Gasteiger partial charge < -0.3 is 9.84 Å². The van der Waals surface area contributed by atoms with Crippen molar-refractivity contribution in [3.05, 3.63) is 77.5 Å². The van der Waals surface area contributed by atoms with E-state index in [9.17, 15) is 9.90 Å². The number of aliphatic hydroxyl groups is 1. The lowest BCUT2D eigenvalue weighted by Crippen LogP contribution is -2.21. The molecule has 0 aliphatic rings. The first-order valence-corrected chi connectivity index (χ1v) is 7.26. The first-order chi connectivity index (χ1) is 10.6. The highest BCUT2D eigenvalue weighted by Gasteiger charge is 2.25. The Bertz CT molecular complexity index is 632. The van der Waals surface area contributed by atoms with E-state index in [0.29, 0.717) is 11.3 Å². The molecule has 2 rings (SSSR count). The van der Waals surface area contributed by atoms with E-state index in [4.69, 9.17) is 4.74 Å². The van der Waals surface area contributed by atoms with Gasteiger partial charge in [0.05, 0.1) is 12.0 Å². The average Bonchev–Trinajstić information content (AvgIpc) is 2.55. The quantitative estimate of drug-likeness (QED) is 0.671. The third-order valence-electron chi connectivity index (χ3n) is 3.42. The minimum atomic E-state index is -0.877. The predicted octanol–water partition coefficient (Wildman–Crippen LogP) is 3.96. The molecule has 0 saturated carbocycles. The van der Waals surface area contributed by atoms with Crippen molar-refractivity contribution in [1.29, 1.82) is 0 Å². The summed E-state index contributed by atoms with van der Waals surface area (Å²) in [5, 5.41) is 10.2. The van der Waals surface area contributed by atoms with Gasteiger partial charge in [0.25, 0.3) is 0 Å². The predicted molar refractivity (Wildman–Crippen MR) is 86.8 cm³/mol. The second-order valence-electron chi connectivity index (χ2n) is 5.23. The van der Waals surface area contributed by atoms with Crippen LogP contribution in [-0.2, 0) is 9.53 Å². The van der Waals surface area contributed by atoms with E-state index < -0.39 is 18.0 Å². The summed E-state index contributed by atoms with van der Waals surface area (Å²) in [5.74, 6) is -0.578. The fourth-order valence-corrected chi connectivity index (χ4v) is 2.13. The van der Waals surface area contributed by atoms with Gasteiger partial charge in [-0.3, -0.25) is 4.79 Å². The molecule has 22 heavy (non-hydrogen) atoms. The molecule has 2 atom stereocenters. The van der Waals surface area contributed by atoms with Crippen molar-refractivity contribution < 1.29 is 14.6 Å². The van der Waals surface area contributed by atoms with Crippen LogP contribution >= 0.6 is 0 Å². The van der Waals surface area contributed by atoms with Crippen LogP contribution in [0.4, 0.5) is 0 Å². The molecule has 3 heteroatoms. The monoisotopic (exact) mass is 296 g/mol. The Kier molecular flexibility index (Phi) is 5.50. The van der Waals surface area contributed by atoms with Crippen LogP contribution in [0.5, 0.6) is 0 Å². The zero-order valence-electron chi connectivity index (χ0n) is 12.8. The van der Waals surface area contributed by atoms with Gasteiger partial charge >= 0.3 is 5.97 Å². The highest BCUT2D eigenvalue weighted by molar-refractivity contribution is 5.75. The van der Waals surface area contributed by atoms with Crippen LogP contribution in [0.1, 0.15) is 31.1 Å². The van der Waals surface area contributed by atoms with Crippen LogP contribution in [-0.4, -0.2) is 11.1 Å². The molecule has 0 fully saturated rings. The Balaban J connectivity index is 2.01. The molecule has 0 heterocycles. The molecule has 2 aromatic carbocycles. The Morgan fingerprint density at radius 1 is 1.05 bits per heavy atom. The zero-order chi connectivity index (χ0) is 15.9. The van der Waals surface area contributed by atoms with Gasteiger partial charge in [0.15, 0.2) is 0 Å². The van der Waals surface area contributed by atoms with Crippen LogP contribution < -0.4 is 0 Å². The van der Waals surface area contributed by atoms with Gasteiger partial charge in [-0.15, -0.1) is 0 Å². The molecular formula is C19H20O3. The van der Waals surface area contributed by atoms with E-state index in [1.54, 1.807) is 32.1 Å². The van der Waals surface area contributed by atoms with Crippen LogP contribution in [0.25, 0.3) is 6.08 Å². The molecule has 1 N–H and O–H groups in total. The fourth-order valence-electron chi connectivity index (χ4n) is 2.13. The molecule has 0 radical (unpaired) electrons. The molecule has 0 unspecified atom stereocenters. The summed E-state index contributed by atoms with van der Waals surface area (Å²) in [7, 11) is 0. The van der Waals surface area contributed by atoms with Gasteiger partial charge in [0, 0.05) is 0 Å². The zero-order valence-corrected chi connectivity index (χ0v) is 12.8. The highest BCUT2D eigenvalue weighted by atomic mass is 16.5. The summed E-state index contributed by atoms with van der Waals surface area (Å²) >= 11 is 0. The average molecular weight is 296 g/mol. The van der Waals surface area contributed by atoms with Crippen molar-refractivity contribution in [2.45, 2.75) is 20.0 Å². The second-order valence-corrected chi connectivity index (χ2v) is 5.23. The van der Waals surface area contributed by atoms with Crippen LogP contribution in [0.3, 0.4) is 0 Å². The number of hydrogen-bond donors (Lipinski definition) is 1. The van der Waals surface area contributed by atoms with Crippen molar-refractivity contribution >= 4 is 12.0 Å². The van der Waals surface area contributed by atoms with E-state index in [0.717, 1.165) is 5.56 Å². The van der Waals surface area contributed by atoms with E-state index in [1.165, 1.54) is 0 Å². The molecule has 0 amide bonds. The standard InChI is InChI=1S/C19H20O3/c1-14(13-16-9-5-3-6-10-16)22-19(21)15(2)18(20)17-11-7-4-8-12-17/h3-13,15,18,20H,1-2H3/b14-13+/t15-,18+/m0/s1. The Labute approximate surface area is 130 Å². The summed E-state index contributed by atoms with van der Waals surface area (Å²) < 4.78 is 5.32. The molecule has 2 aromatic rings. The number of rotatable bonds is 5. The Morgan fingerprint density at radius 2 is 1.59 bits per heavy atom. The number of carbonyl (C=O) groups is 1. The van der Waals surface area contributed by atoms with Crippen LogP contribution in [0, 0.1) is 5.92 Å². The van der Waals surface area contributed by atoms with Gasteiger partial charge in [-0.1, -0.05) is 60.7 Å². The second kappa shape index (κ2) is 7.57. The minimum absolute atomic E-state index is 0.443. The highest BCUT2D eigenvalue weighted by Crippen LogP contribution is 2.23. The van der Waals surface area contributed by atoms with Gasteiger partial charge in [-0.2, -0.15) is 0 Å². The molecule has 0 aliphatic heterocycles. The number of ether oxygens (including phenoxy) is 1. The summed E-state index contributed by atoms with van der Waals surface area (Å²) in [6.07, 6.45) is 0.915. The van der Waals surface area contributed by atoms with E-state index in [2.05, 4.69) is 0 Å². The van der Waals surface area contributed by atoms with Gasteiger partial charge in [0.1, 0.15) is 5.76 Å². The lowest BCUT2D eigenvalue weighted by molar-refractivity contribution is -0.147. The number of aliphatic hydroxyl groups excluding tert-OH is 1. The molecule has 114 valence electrons. The van der Waals surface area contributed by atoms with Gasteiger partial charge in [-0.05, 0) is 31.1 Å². The normalized spacial score (nSPS) is 14.2. The third kappa shape index (κ3) is 4.30. The molecular weight excluding hydrogens is 276 g/mol. The molecule has 0 bridgehead atoms. The molecule has 3 nitrogen and oxygen atoms in total. The van der Waals surface area contributed by atoms with Crippen LogP contribution in [0.2, 0.25) is 0 Å². The third-order valence-corrected chi connectivity index (χ3v) is 3.42. The molecule has 0 aromatic heterocycles. The summed E-state index contributed by atoms with van der Waals surface area (Å²) in [6, 6.07) is 18.7. The van der Waals surface area contributed by atoms with E-state index in [-0.39, 0.29) is 0 Å². The van der Waals surface area contributed by atoms with Crippen molar-refractivity contribution in [3.8, 4) is 0 Å². The first-order valence-electron chi connectivity index (χ1n) is 7.26. The smallest absolute Gasteiger partial charge is 0.316 e. The Hall–Kier alpha value is -2.39. The summed E-state index contributed by atoms with van der Waals surface area (Å²) in [6.45, 7) is 3.39. The maximum absolute atomic E-state index is 12.1.